The Morgan fingerprint density at radius 1 is 1.18 bits per heavy atom. The second-order valence-electron chi connectivity index (χ2n) is 12.0. The van der Waals surface area contributed by atoms with Crippen LogP contribution in [0.2, 0.25) is 0 Å². The third kappa shape index (κ3) is 3.21. The highest BCUT2D eigenvalue weighted by atomic mass is 16.6. The number of nitro benzene ring substituents is 1. The van der Waals surface area contributed by atoms with Gasteiger partial charge in [0.25, 0.3) is 5.69 Å². The van der Waals surface area contributed by atoms with E-state index in [0.717, 1.165) is 43.0 Å². The van der Waals surface area contributed by atoms with Crippen molar-refractivity contribution in [3.8, 4) is 11.5 Å². The standard InChI is InChI=1S/C29H33N3O6/c1-30(24(34)14-17-4-7-20(8-5-17)32(36)37)21-10-11-29(35)23-15-19-6-9-22(33)26-25(19)28(29,27(21)38-26)12-13-31(23)16-18-2-3-18/h4-9,18,21,23,27,33,35H,2-3,10-16H2,1H3/t21?,23-,27?,28+,29?/m1/s1. The van der Waals surface area contributed by atoms with Gasteiger partial charge in [-0.25, -0.2) is 0 Å². The SMILES string of the molecule is CN(C(=O)Cc1ccc([N+](=O)[O-])cc1)C1CCC2(O)[C@H]3Cc4ccc(O)c5c4[C@@]2(CCN3CC2CC2)C1O5. The molecule has 5 aliphatic rings. The molecule has 3 fully saturated rings. The Bertz CT molecular complexity index is 1330. The summed E-state index contributed by atoms with van der Waals surface area (Å²) in [4.78, 5) is 28.2. The minimum atomic E-state index is -0.990. The topological polar surface area (TPSA) is 116 Å². The molecule has 9 heteroatoms. The second kappa shape index (κ2) is 8.16. The molecule has 2 N–H and O–H groups in total. The molecule has 3 unspecified atom stereocenters. The molecule has 3 aliphatic carbocycles. The van der Waals surface area contributed by atoms with Crippen LogP contribution >= 0.6 is 0 Å². The van der Waals surface area contributed by atoms with Crippen molar-refractivity contribution in [3.05, 3.63) is 63.2 Å². The van der Waals surface area contributed by atoms with E-state index in [-0.39, 0.29) is 35.8 Å². The molecule has 2 bridgehead atoms. The number of carbonyl (C=O) groups is 1. The van der Waals surface area contributed by atoms with Crippen LogP contribution in [0.25, 0.3) is 0 Å². The van der Waals surface area contributed by atoms with E-state index in [4.69, 9.17) is 4.74 Å². The van der Waals surface area contributed by atoms with Crippen molar-refractivity contribution in [2.45, 2.75) is 74.1 Å². The van der Waals surface area contributed by atoms with Crippen LogP contribution in [0, 0.1) is 16.0 Å². The van der Waals surface area contributed by atoms with Gasteiger partial charge in [-0.1, -0.05) is 18.2 Å². The average Bonchev–Trinajstić information content (AvgIpc) is 3.64. The van der Waals surface area contributed by atoms with Crippen LogP contribution in [0.5, 0.6) is 11.5 Å². The number of carbonyl (C=O) groups excluding carboxylic acids is 1. The molecule has 2 aliphatic heterocycles. The number of likely N-dealkylation sites (N-methyl/N-ethyl adjacent to an activating group) is 1. The number of nitro groups is 1. The Labute approximate surface area is 221 Å². The van der Waals surface area contributed by atoms with E-state index in [1.54, 1.807) is 30.1 Å². The van der Waals surface area contributed by atoms with Gasteiger partial charge in [0.05, 0.1) is 28.4 Å². The summed E-state index contributed by atoms with van der Waals surface area (Å²) in [5.74, 6) is 1.18. The van der Waals surface area contributed by atoms with Gasteiger partial charge in [-0.05, 0) is 68.2 Å². The molecule has 0 radical (unpaired) electrons. The van der Waals surface area contributed by atoms with Crippen LogP contribution in [0.3, 0.4) is 0 Å². The molecule has 2 heterocycles. The maximum absolute atomic E-state index is 13.5. The molecule has 1 saturated heterocycles. The first kappa shape index (κ1) is 23.9. The van der Waals surface area contributed by atoms with Gasteiger partial charge in [0.1, 0.15) is 6.10 Å². The number of rotatable bonds is 6. The number of hydrogen-bond donors (Lipinski definition) is 2. The number of nitrogens with zero attached hydrogens (tertiary/aromatic N) is 3. The van der Waals surface area contributed by atoms with Crippen molar-refractivity contribution in [1.82, 2.24) is 9.80 Å². The average molecular weight is 520 g/mol. The number of likely N-dealkylation sites (tertiary alicyclic amines) is 1. The Kier molecular flexibility index (Phi) is 5.14. The Hall–Kier alpha value is -3.17. The molecule has 1 spiro atoms. The molecule has 200 valence electrons. The normalized spacial score (nSPS) is 32.8. The number of amides is 1. The lowest BCUT2D eigenvalue weighted by Crippen LogP contribution is -2.78. The summed E-state index contributed by atoms with van der Waals surface area (Å²) in [6.45, 7) is 1.89. The van der Waals surface area contributed by atoms with Crippen LogP contribution in [0.1, 0.15) is 48.8 Å². The highest BCUT2D eigenvalue weighted by Gasteiger charge is 2.73. The molecule has 1 amide bonds. The molecule has 2 saturated carbocycles. The smallest absolute Gasteiger partial charge is 0.269 e. The summed E-state index contributed by atoms with van der Waals surface area (Å²) in [5, 5.41) is 34.4. The highest BCUT2D eigenvalue weighted by molar-refractivity contribution is 5.79. The van der Waals surface area contributed by atoms with E-state index in [1.807, 2.05) is 6.07 Å². The van der Waals surface area contributed by atoms with Crippen molar-refractivity contribution in [2.24, 2.45) is 5.92 Å². The van der Waals surface area contributed by atoms with E-state index in [0.29, 0.717) is 24.2 Å². The van der Waals surface area contributed by atoms with Crippen molar-refractivity contribution in [1.29, 1.82) is 0 Å². The molecule has 2 aromatic carbocycles. The van der Waals surface area contributed by atoms with Crippen LogP contribution in [-0.4, -0.2) is 74.8 Å². The van der Waals surface area contributed by atoms with Gasteiger partial charge in [0.15, 0.2) is 11.5 Å². The summed E-state index contributed by atoms with van der Waals surface area (Å²) in [6.07, 6.45) is 4.81. The highest BCUT2D eigenvalue weighted by Crippen LogP contribution is 2.66. The van der Waals surface area contributed by atoms with E-state index in [2.05, 4.69) is 4.90 Å². The number of phenols is 1. The zero-order chi connectivity index (χ0) is 26.4. The van der Waals surface area contributed by atoms with E-state index < -0.39 is 22.0 Å². The largest absolute Gasteiger partial charge is 0.504 e. The van der Waals surface area contributed by atoms with Crippen LogP contribution in [0.15, 0.2) is 36.4 Å². The van der Waals surface area contributed by atoms with Gasteiger partial charge in [0, 0.05) is 37.3 Å². The van der Waals surface area contributed by atoms with Crippen LogP contribution < -0.4 is 4.74 Å². The third-order valence-electron chi connectivity index (χ3n) is 10.1. The van der Waals surface area contributed by atoms with Gasteiger partial charge in [-0.3, -0.25) is 19.8 Å². The molecular weight excluding hydrogens is 486 g/mol. The Morgan fingerprint density at radius 3 is 2.66 bits per heavy atom. The first-order valence-electron chi connectivity index (χ1n) is 13.7. The quantitative estimate of drug-likeness (QED) is 0.445. The number of hydrogen-bond acceptors (Lipinski definition) is 7. The zero-order valence-electron chi connectivity index (χ0n) is 21.5. The lowest BCUT2D eigenvalue weighted by atomic mass is 9.48. The van der Waals surface area contributed by atoms with Gasteiger partial charge in [0.2, 0.25) is 5.91 Å². The fourth-order valence-electron chi connectivity index (χ4n) is 8.07. The molecule has 38 heavy (non-hydrogen) atoms. The molecule has 0 aromatic heterocycles. The fraction of sp³-hybridized carbons (Fsp3) is 0.552. The number of phenolic OH excluding ortho intramolecular Hbond substituents is 1. The zero-order valence-corrected chi connectivity index (χ0v) is 21.5. The molecule has 2 aromatic rings. The fourth-order valence-corrected chi connectivity index (χ4v) is 8.07. The number of piperidine rings is 1. The van der Waals surface area contributed by atoms with Crippen molar-refractivity contribution in [3.63, 3.8) is 0 Å². The number of aromatic hydroxyl groups is 1. The lowest BCUT2D eigenvalue weighted by Gasteiger charge is -2.64. The lowest BCUT2D eigenvalue weighted by molar-refractivity contribution is -0.384. The van der Waals surface area contributed by atoms with Crippen molar-refractivity contribution >= 4 is 11.6 Å². The Morgan fingerprint density at radius 2 is 1.95 bits per heavy atom. The monoisotopic (exact) mass is 519 g/mol. The summed E-state index contributed by atoms with van der Waals surface area (Å²) >= 11 is 0. The molecule has 7 rings (SSSR count). The van der Waals surface area contributed by atoms with Gasteiger partial charge >= 0.3 is 0 Å². The third-order valence-corrected chi connectivity index (χ3v) is 10.1. The van der Waals surface area contributed by atoms with Crippen molar-refractivity contribution in [2.75, 3.05) is 20.1 Å². The van der Waals surface area contributed by atoms with Gasteiger partial charge in [-0.2, -0.15) is 0 Å². The van der Waals surface area contributed by atoms with Crippen LogP contribution in [0.4, 0.5) is 5.69 Å². The summed E-state index contributed by atoms with van der Waals surface area (Å²) < 4.78 is 6.58. The maximum Gasteiger partial charge on any atom is 0.269 e. The number of benzene rings is 2. The first-order chi connectivity index (χ1) is 18.2. The number of non-ortho nitro benzene ring substituents is 1. The van der Waals surface area contributed by atoms with E-state index in [1.165, 1.54) is 25.0 Å². The molecule has 5 atom stereocenters. The minimum Gasteiger partial charge on any atom is -0.504 e. The summed E-state index contributed by atoms with van der Waals surface area (Å²) in [5.41, 5.74) is 1.12. The predicted molar refractivity (Wildman–Crippen MR) is 138 cm³/mol. The van der Waals surface area contributed by atoms with E-state index in [9.17, 15) is 25.1 Å². The second-order valence-corrected chi connectivity index (χ2v) is 12.0. The van der Waals surface area contributed by atoms with Crippen molar-refractivity contribution < 1.29 is 24.7 Å². The van der Waals surface area contributed by atoms with Gasteiger partial charge < -0.3 is 19.8 Å². The molecule has 9 nitrogen and oxygen atoms in total. The predicted octanol–water partition coefficient (Wildman–Crippen LogP) is 2.93. The number of aliphatic hydroxyl groups is 1. The maximum atomic E-state index is 13.5. The summed E-state index contributed by atoms with van der Waals surface area (Å²) in [7, 11) is 1.79. The Balaban J connectivity index is 1.22. The van der Waals surface area contributed by atoms with E-state index >= 15 is 0 Å². The molecular formula is C29H33N3O6. The minimum absolute atomic E-state index is 0.00647. The van der Waals surface area contributed by atoms with Gasteiger partial charge in [-0.15, -0.1) is 0 Å². The van der Waals surface area contributed by atoms with Crippen LogP contribution in [-0.2, 0) is 23.1 Å². The first-order valence-corrected chi connectivity index (χ1v) is 13.7. The summed E-state index contributed by atoms with van der Waals surface area (Å²) in [6, 6.07) is 9.49. The number of ether oxygens (including phenoxy) is 1.